The lowest BCUT2D eigenvalue weighted by atomic mass is 10.2. The molecule has 1 aliphatic rings. The van der Waals surface area contributed by atoms with Crippen molar-refractivity contribution in [3.8, 4) is 11.4 Å². The lowest BCUT2D eigenvalue weighted by Crippen LogP contribution is -2.07. The molecule has 0 spiro atoms. The molecule has 0 saturated carbocycles. The van der Waals surface area contributed by atoms with Crippen molar-refractivity contribution in [2.24, 2.45) is 4.99 Å². The maximum atomic E-state index is 12.4. The van der Waals surface area contributed by atoms with E-state index in [4.69, 9.17) is 4.74 Å². The van der Waals surface area contributed by atoms with E-state index >= 15 is 0 Å². The SMILES string of the molecule is O=C1OC(c2cccc(OC(F)F)c2)=N/C1=C/c1cnn(-c2ccccc2)c1. The Hall–Kier alpha value is -3.81. The first-order chi connectivity index (χ1) is 13.6. The summed E-state index contributed by atoms with van der Waals surface area (Å²) in [6.07, 6.45) is 4.89. The van der Waals surface area contributed by atoms with E-state index < -0.39 is 12.6 Å². The van der Waals surface area contributed by atoms with Gasteiger partial charge in [-0.15, -0.1) is 0 Å². The second-order valence-corrected chi connectivity index (χ2v) is 5.80. The van der Waals surface area contributed by atoms with Gasteiger partial charge in [-0.05, 0) is 36.4 Å². The molecule has 6 nitrogen and oxygen atoms in total. The largest absolute Gasteiger partial charge is 0.435 e. The Morgan fingerprint density at radius 3 is 2.71 bits per heavy atom. The standard InChI is InChI=1S/C20H13F2N3O3/c21-20(22)27-16-8-4-5-14(10-16)18-24-17(19(26)28-18)9-13-11-23-25(12-13)15-6-2-1-3-7-15/h1-12,20H/b17-9+. The topological polar surface area (TPSA) is 65.7 Å². The van der Waals surface area contributed by atoms with Crippen molar-refractivity contribution < 1.29 is 23.0 Å². The fourth-order valence-electron chi connectivity index (χ4n) is 2.63. The summed E-state index contributed by atoms with van der Waals surface area (Å²) in [5.74, 6) is -0.665. The molecule has 0 N–H and O–H groups in total. The molecular weight excluding hydrogens is 368 g/mol. The second-order valence-electron chi connectivity index (χ2n) is 5.80. The average Bonchev–Trinajstić information content (AvgIpc) is 3.30. The Balaban J connectivity index is 1.59. The van der Waals surface area contributed by atoms with Gasteiger partial charge in [-0.3, -0.25) is 0 Å². The molecule has 0 bridgehead atoms. The molecule has 140 valence electrons. The lowest BCUT2D eigenvalue weighted by molar-refractivity contribution is -0.129. The fraction of sp³-hybridized carbons (Fsp3) is 0.0500. The number of hydrogen-bond acceptors (Lipinski definition) is 5. The maximum absolute atomic E-state index is 12.4. The molecule has 0 atom stereocenters. The molecule has 2 heterocycles. The number of cyclic esters (lactones) is 1. The quantitative estimate of drug-likeness (QED) is 0.498. The summed E-state index contributed by atoms with van der Waals surface area (Å²) in [6.45, 7) is -2.94. The van der Waals surface area contributed by atoms with Crippen LogP contribution in [0.1, 0.15) is 11.1 Å². The van der Waals surface area contributed by atoms with Crippen molar-refractivity contribution >= 4 is 17.9 Å². The zero-order valence-corrected chi connectivity index (χ0v) is 14.3. The fourth-order valence-corrected chi connectivity index (χ4v) is 2.63. The summed E-state index contributed by atoms with van der Waals surface area (Å²) < 4.78 is 35.9. The Morgan fingerprint density at radius 1 is 1.11 bits per heavy atom. The van der Waals surface area contributed by atoms with Crippen LogP contribution in [0.4, 0.5) is 8.78 Å². The monoisotopic (exact) mass is 381 g/mol. The summed E-state index contributed by atoms with van der Waals surface area (Å²) in [7, 11) is 0. The Kier molecular flexibility index (Phi) is 4.67. The van der Waals surface area contributed by atoms with Gasteiger partial charge in [-0.25, -0.2) is 14.5 Å². The smallest absolute Gasteiger partial charge is 0.387 e. The first-order valence-corrected chi connectivity index (χ1v) is 8.26. The number of alkyl halides is 2. The van der Waals surface area contributed by atoms with Crippen LogP contribution >= 0.6 is 0 Å². The van der Waals surface area contributed by atoms with Crippen LogP contribution in [0.25, 0.3) is 11.8 Å². The molecule has 0 unspecified atom stereocenters. The van der Waals surface area contributed by atoms with E-state index in [-0.39, 0.29) is 17.3 Å². The average molecular weight is 381 g/mol. The molecule has 1 aliphatic heterocycles. The van der Waals surface area contributed by atoms with E-state index in [1.165, 1.54) is 18.2 Å². The number of benzene rings is 2. The minimum Gasteiger partial charge on any atom is -0.435 e. The van der Waals surface area contributed by atoms with E-state index in [2.05, 4.69) is 14.8 Å². The Bertz CT molecular complexity index is 1080. The van der Waals surface area contributed by atoms with Gasteiger partial charge in [0.05, 0.1) is 11.9 Å². The summed E-state index contributed by atoms with van der Waals surface area (Å²) >= 11 is 0. The summed E-state index contributed by atoms with van der Waals surface area (Å²) in [4.78, 5) is 16.3. The van der Waals surface area contributed by atoms with Crippen LogP contribution in [0.2, 0.25) is 0 Å². The van der Waals surface area contributed by atoms with Crippen molar-refractivity contribution in [1.29, 1.82) is 0 Å². The van der Waals surface area contributed by atoms with Crippen molar-refractivity contribution in [2.75, 3.05) is 0 Å². The number of nitrogens with zero attached hydrogens (tertiary/aromatic N) is 3. The molecule has 1 aromatic heterocycles. The van der Waals surface area contributed by atoms with Crippen molar-refractivity contribution in [3.05, 3.63) is 83.8 Å². The highest BCUT2D eigenvalue weighted by molar-refractivity contribution is 6.12. The van der Waals surface area contributed by atoms with Gasteiger partial charge in [0.15, 0.2) is 5.70 Å². The number of carbonyl (C=O) groups is 1. The number of ether oxygens (including phenoxy) is 2. The van der Waals surface area contributed by atoms with Crippen LogP contribution in [0.5, 0.6) is 5.75 Å². The lowest BCUT2D eigenvalue weighted by Gasteiger charge is -2.05. The molecule has 0 aliphatic carbocycles. The van der Waals surface area contributed by atoms with Crippen LogP contribution < -0.4 is 4.74 Å². The normalized spacial score (nSPS) is 15.0. The number of carbonyl (C=O) groups excluding carboxylic acids is 1. The highest BCUT2D eigenvalue weighted by Crippen LogP contribution is 2.22. The predicted octanol–water partition coefficient (Wildman–Crippen LogP) is 3.82. The number of esters is 1. The van der Waals surface area contributed by atoms with Gasteiger partial charge in [0.2, 0.25) is 5.90 Å². The molecule has 8 heteroatoms. The molecule has 0 amide bonds. The van der Waals surface area contributed by atoms with Gasteiger partial charge < -0.3 is 9.47 Å². The van der Waals surface area contributed by atoms with E-state index in [1.807, 2.05) is 30.3 Å². The first kappa shape index (κ1) is 17.6. The zero-order chi connectivity index (χ0) is 19.5. The highest BCUT2D eigenvalue weighted by Gasteiger charge is 2.24. The number of aliphatic imine (C=N–C) groups is 1. The minimum atomic E-state index is -2.94. The van der Waals surface area contributed by atoms with Crippen LogP contribution in [-0.2, 0) is 9.53 Å². The van der Waals surface area contributed by atoms with Crippen LogP contribution in [-0.4, -0.2) is 28.3 Å². The summed E-state index contributed by atoms with van der Waals surface area (Å²) in [5, 5.41) is 4.25. The Labute approximate surface area is 158 Å². The van der Waals surface area contributed by atoms with Gasteiger partial charge in [0.1, 0.15) is 5.75 Å². The van der Waals surface area contributed by atoms with E-state index in [1.54, 1.807) is 29.2 Å². The van der Waals surface area contributed by atoms with Gasteiger partial charge in [0.25, 0.3) is 0 Å². The van der Waals surface area contributed by atoms with E-state index in [9.17, 15) is 13.6 Å². The molecule has 0 saturated heterocycles. The predicted molar refractivity (Wildman–Crippen MR) is 97.2 cm³/mol. The second kappa shape index (κ2) is 7.43. The van der Waals surface area contributed by atoms with E-state index in [0.29, 0.717) is 11.1 Å². The number of para-hydroxylation sites is 1. The molecule has 2 aromatic carbocycles. The molecule has 4 rings (SSSR count). The third-order valence-electron chi connectivity index (χ3n) is 3.85. The molecule has 28 heavy (non-hydrogen) atoms. The molecule has 3 aromatic rings. The van der Waals surface area contributed by atoms with Gasteiger partial charge in [0, 0.05) is 17.3 Å². The molecule has 0 radical (unpaired) electrons. The van der Waals surface area contributed by atoms with Gasteiger partial charge in [-0.1, -0.05) is 24.3 Å². The van der Waals surface area contributed by atoms with Crippen LogP contribution in [0.3, 0.4) is 0 Å². The zero-order valence-electron chi connectivity index (χ0n) is 14.3. The maximum Gasteiger partial charge on any atom is 0.387 e. The van der Waals surface area contributed by atoms with Gasteiger partial charge >= 0.3 is 12.6 Å². The van der Waals surface area contributed by atoms with Crippen LogP contribution in [0, 0.1) is 0 Å². The molecule has 0 fully saturated rings. The minimum absolute atomic E-state index is 0.0198. The Morgan fingerprint density at radius 2 is 1.93 bits per heavy atom. The number of aromatic nitrogens is 2. The third kappa shape index (κ3) is 3.80. The number of halogens is 2. The van der Waals surface area contributed by atoms with E-state index in [0.717, 1.165) is 5.69 Å². The number of hydrogen-bond donors (Lipinski definition) is 0. The van der Waals surface area contributed by atoms with Crippen LogP contribution in [0.15, 0.2) is 77.7 Å². The summed E-state index contributed by atoms with van der Waals surface area (Å²) in [6, 6.07) is 15.3. The first-order valence-electron chi connectivity index (χ1n) is 8.26. The van der Waals surface area contributed by atoms with Crippen molar-refractivity contribution in [1.82, 2.24) is 9.78 Å². The van der Waals surface area contributed by atoms with Gasteiger partial charge in [-0.2, -0.15) is 13.9 Å². The molecular formula is C20H13F2N3O3. The van der Waals surface area contributed by atoms with Crippen molar-refractivity contribution in [2.45, 2.75) is 6.61 Å². The number of rotatable bonds is 5. The summed E-state index contributed by atoms with van der Waals surface area (Å²) in [5.41, 5.74) is 1.98. The third-order valence-corrected chi connectivity index (χ3v) is 3.85. The van der Waals surface area contributed by atoms with Crippen molar-refractivity contribution in [3.63, 3.8) is 0 Å². The highest BCUT2D eigenvalue weighted by atomic mass is 19.3.